The van der Waals surface area contributed by atoms with Gasteiger partial charge in [-0.1, -0.05) is 11.6 Å². The maximum atomic E-state index is 12.5. The molecule has 1 atom stereocenters. The highest BCUT2D eigenvalue weighted by molar-refractivity contribution is 6.32. The molecule has 6 nitrogen and oxygen atoms in total. The summed E-state index contributed by atoms with van der Waals surface area (Å²) in [6.45, 7) is 3.86. The van der Waals surface area contributed by atoms with Gasteiger partial charge in [0.2, 0.25) is 0 Å². The molecule has 0 radical (unpaired) electrons. The highest BCUT2D eigenvalue weighted by atomic mass is 35.5. The van der Waals surface area contributed by atoms with E-state index in [0.29, 0.717) is 22.1 Å². The number of ether oxygens (including phenoxy) is 2. The maximum Gasteiger partial charge on any atom is 0.251 e. The van der Waals surface area contributed by atoms with Crippen molar-refractivity contribution in [3.63, 3.8) is 0 Å². The summed E-state index contributed by atoms with van der Waals surface area (Å²) in [5, 5.41) is 7.45. The number of carbonyl (C=O) groups excluding carboxylic acids is 1. The lowest BCUT2D eigenvalue weighted by atomic mass is 10.1. The fraction of sp³-hybridized carbons (Fsp3) is 0.375. The van der Waals surface area contributed by atoms with Crippen LogP contribution < -0.4 is 14.8 Å². The van der Waals surface area contributed by atoms with Crippen LogP contribution in [-0.4, -0.2) is 29.9 Å². The van der Waals surface area contributed by atoms with Crippen LogP contribution >= 0.6 is 11.6 Å². The molecule has 1 aromatic carbocycles. The molecule has 2 rings (SSSR count). The molecule has 0 saturated heterocycles. The summed E-state index contributed by atoms with van der Waals surface area (Å²) in [6.07, 6.45) is 1.75. The minimum atomic E-state index is -0.247. The van der Waals surface area contributed by atoms with E-state index in [4.69, 9.17) is 21.1 Å². The fourth-order valence-corrected chi connectivity index (χ4v) is 2.64. The van der Waals surface area contributed by atoms with Crippen LogP contribution in [0.3, 0.4) is 0 Å². The first-order valence-corrected chi connectivity index (χ1v) is 7.47. The Bertz CT molecular complexity index is 728. The van der Waals surface area contributed by atoms with Crippen LogP contribution in [0, 0.1) is 6.92 Å². The van der Waals surface area contributed by atoms with E-state index in [9.17, 15) is 4.79 Å². The zero-order chi connectivity index (χ0) is 17.1. The quantitative estimate of drug-likeness (QED) is 0.911. The van der Waals surface area contributed by atoms with E-state index in [1.807, 2.05) is 20.9 Å². The van der Waals surface area contributed by atoms with Crippen molar-refractivity contribution in [2.24, 2.45) is 7.05 Å². The average Bonchev–Trinajstić information content (AvgIpc) is 2.85. The van der Waals surface area contributed by atoms with E-state index in [1.54, 1.807) is 23.0 Å². The Morgan fingerprint density at radius 2 is 2.04 bits per heavy atom. The minimum absolute atomic E-state index is 0.178. The van der Waals surface area contributed by atoms with Crippen LogP contribution in [0.15, 0.2) is 18.3 Å². The van der Waals surface area contributed by atoms with E-state index >= 15 is 0 Å². The van der Waals surface area contributed by atoms with E-state index in [2.05, 4.69) is 10.4 Å². The molecule has 0 aliphatic heterocycles. The highest BCUT2D eigenvalue weighted by Gasteiger charge is 2.19. The fourth-order valence-electron chi connectivity index (χ4n) is 2.35. The zero-order valence-electron chi connectivity index (χ0n) is 13.8. The highest BCUT2D eigenvalue weighted by Crippen LogP contribution is 2.36. The minimum Gasteiger partial charge on any atom is -0.493 e. The van der Waals surface area contributed by atoms with Crippen LogP contribution in [0.4, 0.5) is 0 Å². The number of aryl methyl sites for hydroxylation is 1. The van der Waals surface area contributed by atoms with Gasteiger partial charge in [0.15, 0.2) is 11.5 Å². The van der Waals surface area contributed by atoms with Crippen molar-refractivity contribution in [2.45, 2.75) is 19.9 Å². The molecule has 7 heteroatoms. The lowest BCUT2D eigenvalue weighted by molar-refractivity contribution is 0.0939. The average molecular weight is 338 g/mol. The van der Waals surface area contributed by atoms with Crippen molar-refractivity contribution in [3.8, 4) is 11.5 Å². The summed E-state index contributed by atoms with van der Waals surface area (Å²) in [7, 11) is 4.86. The van der Waals surface area contributed by atoms with Crippen molar-refractivity contribution in [3.05, 3.63) is 40.2 Å². The molecular formula is C16H20ClN3O3. The second-order valence-electron chi connectivity index (χ2n) is 5.20. The van der Waals surface area contributed by atoms with Crippen LogP contribution in [-0.2, 0) is 7.05 Å². The number of halogens is 1. The normalized spacial score (nSPS) is 11.9. The third-order valence-corrected chi connectivity index (χ3v) is 4.06. The van der Waals surface area contributed by atoms with E-state index in [-0.39, 0.29) is 11.9 Å². The van der Waals surface area contributed by atoms with Crippen LogP contribution in [0.1, 0.15) is 34.6 Å². The van der Waals surface area contributed by atoms with Crippen LogP contribution in [0.25, 0.3) is 0 Å². The Hall–Kier alpha value is -2.21. The number of nitrogens with one attached hydrogen (secondary N) is 1. The van der Waals surface area contributed by atoms with E-state index < -0.39 is 0 Å². The Morgan fingerprint density at radius 3 is 2.57 bits per heavy atom. The van der Waals surface area contributed by atoms with Gasteiger partial charge in [-0.3, -0.25) is 9.48 Å². The third kappa shape index (κ3) is 3.42. The lowest BCUT2D eigenvalue weighted by Gasteiger charge is -2.15. The molecule has 124 valence electrons. The molecule has 1 amide bonds. The first-order valence-electron chi connectivity index (χ1n) is 7.09. The smallest absolute Gasteiger partial charge is 0.251 e. The molecule has 0 fully saturated rings. The standard InChI is InChI=1S/C16H20ClN3O3/c1-9(12-8-18-20(3)10(12)2)19-16(21)11-6-13(17)15(23-5)14(7-11)22-4/h6-9H,1-5H3,(H,19,21). The van der Waals surface area contributed by atoms with Crippen molar-refractivity contribution >= 4 is 17.5 Å². The first-order chi connectivity index (χ1) is 10.9. The van der Waals surface area contributed by atoms with Gasteiger partial charge < -0.3 is 14.8 Å². The molecule has 0 spiro atoms. The molecule has 1 N–H and O–H groups in total. The monoisotopic (exact) mass is 337 g/mol. The van der Waals surface area contributed by atoms with Crippen LogP contribution in [0.2, 0.25) is 5.02 Å². The summed E-state index contributed by atoms with van der Waals surface area (Å²) in [5.74, 6) is 0.570. The number of carbonyl (C=O) groups is 1. The molecule has 1 heterocycles. The van der Waals surface area contributed by atoms with Gasteiger partial charge in [0.25, 0.3) is 5.91 Å². The number of methoxy groups -OCH3 is 2. The molecule has 1 aromatic heterocycles. The van der Waals surface area contributed by atoms with Gasteiger partial charge in [0.1, 0.15) is 0 Å². The molecule has 1 unspecified atom stereocenters. The number of benzene rings is 1. The van der Waals surface area contributed by atoms with E-state index in [0.717, 1.165) is 11.3 Å². The molecule has 0 aliphatic rings. The summed E-state index contributed by atoms with van der Waals surface area (Å²) < 4.78 is 12.2. The Kier molecular flexibility index (Phi) is 5.15. The van der Waals surface area contributed by atoms with Gasteiger partial charge in [-0.2, -0.15) is 5.10 Å². The van der Waals surface area contributed by atoms with Gasteiger partial charge in [-0.05, 0) is 26.0 Å². The number of rotatable bonds is 5. The lowest BCUT2D eigenvalue weighted by Crippen LogP contribution is -2.27. The van der Waals surface area contributed by atoms with E-state index in [1.165, 1.54) is 14.2 Å². The summed E-state index contributed by atoms with van der Waals surface area (Å²) in [4.78, 5) is 12.5. The zero-order valence-corrected chi connectivity index (χ0v) is 14.6. The maximum absolute atomic E-state index is 12.5. The van der Waals surface area contributed by atoms with Gasteiger partial charge in [0.05, 0.1) is 31.5 Å². The number of nitrogens with zero attached hydrogens (tertiary/aromatic N) is 2. The van der Waals surface area contributed by atoms with Crippen molar-refractivity contribution in [2.75, 3.05) is 14.2 Å². The van der Waals surface area contributed by atoms with Gasteiger partial charge in [-0.15, -0.1) is 0 Å². The molecule has 0 saturated carbocycles. The van der Waals surface area contributed by atoms with Crippen molar-refractivity contribution < 1.29 is 14.3 Å². The summed E-state index contributed by atoms with van der Waals surface area (Å²) >= 11 is 6.14. The Morgan fingerprint density at radius 1 is 1.35 bits per heavy atom. The molecule has 0 bridgehead atoms. The molecular weight excluding hydrogens is 318 g/mol. The van der Waals surface area contributed by atoms with Crippen molar-refractivity contribution in [1.29, 1.82) is 0 Å². The molecule has 23 heavy (non-hydrogen) atoms. The predicted molar refractivity (Wildman–Crippen MR) is 88.4 cm³/mol. The SMILES string of the molecule is COc1cc(C(=O)NC(C)c2cnn(C)c2C)cc(Cl)c1OC. The summed E-state index contributed by atoms with van der Waals surface area (Å²) in [6, 6.07) is 2.98. The second kappa shape index (κ2) is 6.91. The molecule has 2 aromatic rings. The van der Waals surface area contributed by atoms with Gasteiger partial charge >= 0.3 is 0 Å². The second-order valence-corrected chi connectivity index (χ2v) is 5.60. The van der Waals surface area contributed by atoms with Gasteiger partial charge in [-0.25, -0.2) is 0 Å². The largest absolute Gasteiger partial charge is 0.493 e. The number of hydrogen-bond acceptors (Lipinski definition) is 4. The third-order valence-electron chi connectivity index (χ3n) is 3.78. The predicted octanol–water partition coefficient (Wildman–Crippen LogP) is 2.89. The first kappa shape index (κ1) is 17.1. The number of aromatic nitrogens is 2. The number of amides is 1. The van der Waals surface area contributed by atoms with Crippen molar-refractivity contribution in [1.82, 2.24) is 15.1 Å². The van der Waals surface area contributed by atoms with Gasteiger partial charge in [0, 0.05) is 23.9 Å². The Balaban J connectivity index is 2.24. The number of hydrogen-bond donors (Lipinski definition) is 1. The topological polar surface area (TPSA) is 65.4 Å². The van der Waals surface area contributed by atoms with Crippen LogP contribution in [0.5, 0.6) is 11.5 Å². The summed E-state index contributed by atoms with van der Waals surface area (Å²) in [5.41, 5.74) is 2.37. The Labute approximate surface area is 140 Å². The molecule has 0 aliphatic carbocycles.